The van der Waals surface area contributed by atoms with Gasteiger partial charge in [0.25, 0.3) is 0 Å². The normalized spacial score (nSPS) is 14.6. The third-order valence-electron chi connectivity index (χ3n) is 5.32. The fourth-order valence-corrected chi connectivity index (χ4v) is 3.70. The highest BCUT2D eigenvalue weighted by molar-refractivity contribution is 6.02. The molecule has 3 N–H and O–H groups in total. The first-order valence-electron chi connectivity index (χ1n) is 9.96. The van der Waals surface area contributed by atoms with Crippen molar-refractivity contribution in [1.82, 2.24) is 0 Å². The first kappa shape index (κ1) is 19.9. The van der Waals surface area contributed by atoms with Crippen molar-refractivity contribution < 1.29 is 19.4 Å². The van der Waals surface area contributed by atoms with E-state index in [0.29, 0.717) is 47.8 Å². The molecule has 1 saturated carbocycles. The molecule has 0 bridgehead atoms. The number of Topliss-reactive ketones (excluding diaryl/α,β-unsaturated/α-hetero) is 2. The van der Waals surface area contributed by atoms with Crippen LogP contribution in [0.5, 0.6) is 17.2 Å². The number of aromatic hydroxyl groups is 1. The number of ether oxygens (including phenoxy) is 1. The van der Waals surface area contributed by atoms with Crippen molar-refractivity contribution in [2.24, 2.45) is 5.92 Å². The molecule has 2 aromatic rings. The van der Waals surface area contributed by atoms with E-state index in [2.05, 4.69) is 0 Å². The summed E-state index contributed by atoms with van der Waals surface area (Å²) in [7, 11) is 0. The standard InChI is InChI=1S/C23H27NO4/c24-23-19(8-4-11-22(23)28-18-14-12-17(25)13-15-18)21(27)10-5-9-20(26)16-6-2-1-3-7-16/h4,8,11-16,25H,1-3,5-7,9-10,24H2. The van der Waals surface area contributed by atoms with Crippen molar-refractivity contribution in [2.75, 3.05) is 5.73 Å². The number of hydrogen-bond donors (Lipinski definition) is 2. The quantitative estimate of drug-likeness (QED) is 0.480. The molecule has 28 heavy (non-hydrogen) atoms. The van der Waals surface area contributed by atoms with Crippen LogP contribution >= 0.6 is 0 Å². The summed E-state index contributed by atoms with van der Waals surface area (Å²) in [6.07, 6.45) is 6.80. The number of para-hydroxylation sites is 1. The zero-order valence-electron chi connectivity index (χ0n) is 16.0. The van der Waals surface area contributed by atoms with Gasteiger partial charge in [-0.15, -0.1) is 0 Å². The molecular weight excluding hydrogens is 354 g/mol. The van der Waals surface area contributed by atoms with Crippen LogP contribution in [0.4, 0.5) is 5.69 Å². The maximum absolute atomic E-state index is 12.6. The second-order valence-corrected chi connectivity index (χ2v) is 7.39. The third-order valence-corrected chi connectivity index (χ3v) is 5.32. The Bertz CT molecular complexity index is 823. The van der Waals surface area contributed by atoms with Gasteiger partial charge in [0.15, 0.2) is 11.5 Å². The van der Waals surface area contributed by atoms with Crippen LogP contribution in [0.25, 0.3) is 0 Å². The van der Waals surface area contributed by atoms with E-state index in [1.807, 2.05) is 0 Å². The smallest absolute Gasteiger partial charge is 0.165 e. The maximum atomic E-state index is 12.6. The minimum Gasteiger partial charge on any atom is -0.508 e. The molecule has 1 aliphatic rings. The molecule has 0 heterocycles. The van der Waals surface area contributed by atoms with Gasteiger partial charge in [-0.1, -0.05) is 25.3 Å². The van der Waals surface area contributed by atoms with Crippen molar-refractivity contribution in [2.45, 2.75) is 51.4 Å². The number of carbonyl (C=O) groups is 2. The van der Waals surface area contributed by atoms with Gasteiger partial charge in [-0.2, -0.15) is 0 Å². The van der Waals surface area contributed by atoms with Crippen LogP contribution in [0.3, 0.4) is 0 Å². The van der Waals surface area contributed by atoms with Gasteiger partial charge in [0.2, 0.25) is 0 Å². The average molecular weight is 381 g/mol. The Kier molecular flexibility index (Phi) is 6.69. The molecule has 1 aliphatic carbocycles. The van der Waals surface area contributed by atoms with Gasteiger partial charge < -0.3 is 15.6 Å². The molecule has 0 unspecified atom stereocenters. The molecule has 0 radical (unpaired) electrons. The number of phenols is 1. The number of ketones is 2. The Labute approximate surface area is 165 Å². The summed E-state index contributed by atoms with van der Waals surface area (Å²) in [5, 5.41) is 9.35. The number of carbonyl (C=O) groups excluding carboxylic acids is 2. The van der Waals surface area contributed by atoms with E-state index in [9.17, 15) is 14.7 Å². The molecule has 5 nitrogen and oxygen atoms in total. The van der Waals surface area contributed by atoms with Gasteiger partial charge in [-0.25, -0.2) is 0 Å². The number of rotatable bonds is 8. The summed E-state index contributed by atoms with van der Waals surface area (Å²) in [5.74, 6) is 1.47. The lowest BCUT2D eigenvalue weighted by atomic mass is 9.84. The van der Waals surface area contributed by atoms with E-state index >= 15 is 0 Å². The molecule has 2 aromatic carbocycles. The molecule has 0 amide bonds. The first-order chi connectivity index (χ1) is 13.5. The summed E-state index contributed by atoms with van der Waals surface area (Å²) in [4.78, 5) is 24.9. The van der Waals surface area contributed by atoms with Gasteiger partial charge in [0.05, 0.1) is 5.69 Å². The Morgan fingerprint density at radius 2 is 1.71 bits per heavy atom. The lowest BCUT2D eigenvalue weighted by Gasteiger charge is -2.20. The fraction of sp³-hybridized carbons (Fsp3) is 0.391. The molecule has 0 aliphatic heterocycles. The first-order valence-corrected chi connectivity index (χ1v) is 9.96. The van der Waals surface area contributed by atoms with Crippen molar-refractivity contribution in [3.63, 3.8) is 0 Å². The Morgan fingerprint density at radius 3 is 2.43 bits per heavy atom. The number of nitrogen functional groups attached to an aromatic ring is 1. The molecule has 1 fully saturated rings. The Morgan fingerprint density at radius 1 is 1.00 bits per heavy atom. The van der Waals surface area contributed by atoms with E-state index in [0.717, 1.165) is 25.7 Å². The minimum absolute atomic E-state index is 0.0786. The lowest BCUT2D eigenvalue weighted by Crippen LogP contribution is -2.17. The van der Waals surface area contributed by atoms with Gasteiger partial charge in [0, 0.05) is 24.3 Å². The highest BCUT2D eigenvalue weighted by Crippen LogP contribution is 2.32. The fourth-order valence-electron chi connectivity index (χ4n) is 3.70. The summed E-state index contributed by atoms with van der Waals surface area (Å²) < 4.78 is 5.73. The summed E-state index contributed by atoms with van der Waals surface area (Å²) in [5.41, 5.74) is 6.86. The predicted octanol–water partition coefficient (Wildman–Crippen LogP) is 5.27. The topological polar surface area (TPSA) is 89.6 Å². The molecule has 0 atom stereocenters. The largest absolute Gasteiger partial charge is 0.508 e. The molecule has 0 aromatic heterocycles. The van der Waals surface area contributed by atoms with Crippen molar-refractivity contribution in [3.8, 4) is 17.2 Å². The minimum atomic E-state index is -0.0786. The Balaban J connectivity index is 1.57. The second kappa shape index (κ2) is 9.40. The van der Waals surface area contributed by atoms with E-state index < -0.39 is 0 Å². The van der Waals surface area contributed by atoms with Gasteiger partial charge in [-0.05, 0) is 55.7 Å². The van der Waals surface area contributed by atoms with Crippen LogP contribution in [0, 0.1) is 5.92 Å². The number of benzene rings is 2. The molecule has 0 spiro atoms. The summed E-state index contributed by atoms with van der Waals surface area (Å²) >= 11 is 0. The van der Waals surface area contributed by atoms with Crippen LogP contribution in [0.2, 0.25) is 0 Å². The van der Waals surface area contributed by atoms with Crippen molar-refractivity contribution in [1.29, 1.82) is 0 Å². The van der Waals surface area contributed by atoms with E-state index in [1.165, 1.54) is 18.6 Å². The van der Waals surface area contributed by atoms with Crippen molar-refractivity contribution >= 4 is 17.3 Å². The Hall–Kier alpha value is -2.82. The van der Waals surface area contributed by atoms with E-state index in [-0.39, 0.29) is 17.5 Å². The van der Waals surface area contributed by atoms with Crippen LogP contribution in [0.15, 0.2) is 42.5 Å². The van der Waals surface area contributed by atoms with Crippen LogP contribution < -0.4 is 10.5 Å². The van der Waals surface area contributed by atoms with Crippen molar-refractivity contribution in [3.05, 3.63) is 48.0 Å². The third kappa shape index (κ3) is 5.12. The number of phenolic OH excluding ortho intramolecular Hbond substituents is 1. The van der Waals surface area contributed by atoms with Gasteiger partial charge in [-0.3, -0.25) is 9.59 Å². The van der Waals surface area contributed by atoms with Crippen LogP contribution in [-0.2, 0) is 4.79 Å². The monoisotopic (exact) mass is 381 g/mol. The highest BCUT2D eigenvalue weighted by Gasteiger charge is 2.21. The van der Waals surface area contributed by atoms with E-state index in [4.69, 9.17) is 10.5 Å². The zero-order valence-corrected chi connectivity index (χ0v) is 16.0. The SMILES string of the molecule is Nc1c(Oc2ccc(O)cc2)cccc1C(=O)CCCC(=O)C1CCCCC1. The molecule has 3 rings (SSSR count). The molecule has 5 heteroatoms. The number of hydrogen-bond acceptors (Lipinski definition) is 5. The summed E-state index contributed by atoms with van der Waals surface area (Å²) in [6.45, 7) is 0. The average Bonchev–Trinajstić information content (AvgIpc) is 2.71. The van der Waals surface area contributed by atoms with Crippen LogP contribution in [-0.4, -0.2) is 16.7 Å². The van der Waals surface area contributed by atoms with Crippen LogP contribution in [0.1, 0.15) is 61.7 Å². The second-order valence-electron chi connectivity index (χ2n) is 7.39. The lowest BCUT2D eigenvalue weighted by molar-refractivity contribution is -0.123. The predicted molar refractivity (Wildman–Crippen MR) is 109 cm³/mol. The molecular formula is C23H27NO4. The highest BCUT2D eigenvalue weighted by atomic mass is 16.5. The number of anilines is 1. The summed E-state index contributed by atoms with van der Waals surface area (Å²) in [6, 6.07) is 11.4. The van der Waals surface area contributed by atoms with E-state index in [1.54, 1.807) is 30.3 Å². The maximum Gasteiger partial charge on any atom is 0.165 e. The molecule has 148 valence electrons. The number of nitrogens with two attached hydrogens (primary N) is 1. The van der Waals surface area contributed by atoms with Gasteiger partial charge in [0.1, 0.15) is 17.3 Å². The molecule has 0 saturated heterocycles. The zero-order chi connectivity index (χ0) is 19.9. The van der Waals surface area contributed by atoms with Gasteiger partial charge >= 0.3 is 0 Å².